The Kier molecular flexibility index (Phi) is 6.56. The van der Waals surface area contributed by atoms with E-state index in [4.69, 9.17) is 23.8 Å². The van der Waals surface area contributed by atoms with Gasteiger partial charge >= 0.3 is 0 Å². The predicted molar refractivity (Wildman–Crippen MR) is 136 cm³/mol. The van der Waals surface area contributed by atoms with Crippen LogP contribution in [0, 0.1) is 20.8 Å². The number of benzene rings is 1. The van der Waals surface area contributed by atoms with Crippen LogP contribution in [0.25, 0.3) is 5.69 Å². The zero-order valence-corrected chi connectivity index (χ0v) is 20.8. The van der Waals surface area contributed by atoms with Gasteiger partial charge in [-0.25, -0.2) is 0 Å². The van der Waals surface area contributed by atoms with Gasteiger partial charge in [-0.15, -0.1) is 0 Å². The first-order valence-corrected chi connectivity index (χ1v) is 11.7. The number of hydrogen-bond acceptors (Lipinski definition) is 3. The minimum absolute atomic E-state index is 0.0136. The van der Waals surface area contributed by atoms with E-state index in [0.29, 0.717) is 0 Å². The highest BCUT2D eigenvalue weighted by molar-refractivity contribution is 7.80. The molecule has 0 unspecified atom stereocenters. The number of pyridine rings is 1. The largest absolute Gasteiger partial charge is 0.352 e. The number of rotatable bonds is 6. The number of aryl methyl sites for hydroxylation is 1. The molecule has 1 saturated heterocycles. The van der Waals surface area contributed by atoms with Crippen LogP contribution in [0.4, 0.5) is 0 Å². The van der Waals surface area contributed by atoms with Gasteiger partial charge in [-0.2, -0.15) is 0 Å². The number of aromatic nitrogens is 2. The summed E-state index contributed by atoms with van der Waals surface area (Å²) in [5, 5.41) is 5.11. The van der Waals surface area contributed by atoms with E-state index in [1.54, 1.807) is 0 Å². The van der Waals surface area contributed by atoms with Gasteiger partial charge in [-0.1, -0.05) is 23.7 Å². The summed E-state index contributed by atoms with van der Waals surface area (Å²) in [4.78, 5) is 9.16. The van der Waals surface area contributed by atoms with Gasteiger partial charge in [0.2, 0.25) is 0 Å². The number of likely N-dealkylation sites (N-methyl/N-ethyl adjacent to an activating group) is 1. The fourth-order valence-electron chi connectivity index (χ4n) is 4.59. The molecular formula is C25H30ClN5S. The molecule has 1 N–H and O–H groups in total. The molecule has 0 spiro atoms. The quantitative estimate of drug-likeness (QED) is 0.517. The first-order chi connectivity index (χ1) is 15.3. The summed E-state index contributed by atoms with van der Waals surface area (Å²) in [5.74, 6) is 0. The zero-order valence-electron chi connectivity index (χ0n) is 19.3. The van der Waals surface area contributed by atoms with E-state index in [2.05, 4.69) is 77.7 Å². The highest BCUT2D eigenvalue weighted by atomic mass is 35.5. The molecule has 0 saturated carbocycles. The van der Waals surface area contributed by atoms with Gasteiger partial charge < -0.3 is 19.7 Å². The Labute approximate surface area is 201 Å². The minimum Gasteiger partial charge on any atom is -0.352 e. The smallest absolute Gasteiger partial charge is 0.170 e. The van der Waals surface area contributed by atoms with E-state index in [0.717, 1.165) is 40.2 Å². The molecule has 0 aliphatic carbocycles. The molecule has 3 heterocycles. The summed E-state index contributed by atoms with van der Waals surface area (Å²) in [6.07, 6.45) is 1.85. The van der Waals surface area contributed by atoms with Gasteiger partial charge in [-0.05, 0) is 88.5 Å². The molecule has 1 aromatic carbocycles. The summed E-state index contributed by atoms with van der Waals surface area (Å²) >= 11 is 12.3. The van der Waals surface area contributed by atoms with Gasteiger partial charge in [-0.3, -0.25) is 4.98 Å². The maximum atomic E-state index is 6.46. The first-order valence-electron chi connectivity index (χ1n) is 10.9. The summed E-state index contributed by atoms with van der Waals surface area (Å²) in [6, 6.07) is 14.5. The van der Waals surface area contributed by atoms with Crippen molar-refractivity contribution >= 4 is 28.9 Å². The van der Waals surface area contributed by atoms with Crippen molar-refractivity contribution in [2.24, 2.45) is 0 Å². The zero-order chi connectivity index (χ0) is 23.0. The lowest BCUT2D eigenvalue weighted by Crippen LogP contribution is -2.35. The van der Waals surface area contributed by atoms with Crippen LogP contribution < -0.4 is 5.32 Å². The van der Waals surface area contributed by atoms with Crippen molar-refractivity contribution in [2.75, 3.05) is 27.2 Å². The third-order valence-corrected chi connectivity index (χ3v) is 7.02. The number of nitrogens with zero attached hydrogens (tertiary/aromatic N) is 4. The summed E-state index contributed by atoms with van der Waals surface area (Å²) in [5.41, 5.74) is 6.81. The van der Waals surface area contributed by atoms with E-state index in [1.807, 2.05) is 30.5 Å². The molecule has 0 bridgehead atoms. The lowest BCUT2D eigenvalue weighted by molar-refractivity contribution is 0.277. The Bertz CT molecular complexity index is 1120. The monoisotopic (exact) mass is 467 g/mol. The molecule has 2 atom stereocenters. The van der Waals surface area contributed by atoms with E-state index in [1.165, 1.54) is 17.0 Å². The minimum atomic E-state index is -0.0136. The van der Waals surface area contributed by atoms with Crippen LogP contribution in [0.15, 0.2) is 48.7 Å². The number of thiocarbonyl (C=S) groups is 1. The molecular weight excluding hydrogens is 438 g/mol. The van der Waals surface area contributed by atoms with Crippen LogP contribution in [0.3, 0.4) is 0 Å². The second-order valence-corrected chi connectivity index (χ2v) is 9.46. The molecule has 0 amide bonds. The van der Waals surface area contributed by atoms with Crippen LogP contribution in [-0.4, -0.2) is 51.6 Å². The van der Waals surface area contributed by atoms with Crippen molar-refractivity contribution in [1.82, 2.24) is 24.7 Å². The predicted octanol–water partition coefficient (Wildman–Crippen LogP) is 4.99. The van der Waals surface area contributed by atoms with E-state index >= 15 is 0 Å². The van der Waals surface area contributed by atoms with Crippen LogP contribution in [0.1, 0.15) is 40.3 Å². The Hall–Kier alpha value is -2.41. The molecule has 0 radical (unpaired) electrons. The molecule has 1 fully saturated rings. The van der Waals surface area contributed by atoms with E-state index < -0.39 is 0 Å². The molecule has 2 aromatic heterocycles. The second-order valence-electron chi connectivity index (χ2n) is 8.67. The Morgan fingerprint density at radius 1 is 1.12 bits per heavy atom. The highest BCUT2D eigenvalue weighted by Crippen LogP contribution is 2.41. The standard InChI is InChI=1S/C25H30ClN5S/c1-16-15-19(18(3)31(16)22-11-8-9-20(26)17(22)2)24-23(21-10-6-7-12-27-21)28-25(32)30(24)14-13-29(4)5/h6-12,15,23-24H,13-14H2,1-5H3,(H,28,32)/t23-,24+/m0/s1. The van der Waals surface area contributed by atoms with Gasteiger partial charge in [0.05, 0.1) is 17.8 Å². The third kappa shape index (κ3) is 4.15. The Balaban J connectivity index is 1.83. The molecule has 5 nitrogen and oxygen atoms in total. The van der Waals surface area contributed by atoms with Gasteiger partial charge in [0, 0.05) is 41.4 Å². The van der Waals surface area contributed by atoms with Crippen molar-refractivity contribution in [3.05, 3.63) is 81.9 Å². The van der Waals surface area contributed by atoms with Crippen molar-refractivity contribution in [1.29, 1.82) is 0 Å². The second kappa shape index (κ2) is 9.22. The molecule has 32 heavy (non-hydrogen) atoms. The number of halogens is 1. The SMILES string of the molecule is Cc1c(Cl)cccc1-n1c(C)cc([C@@H]2[C@H](c3ccccn3)NC(=S)N2CCN(C)C)c1C. The Morgan fingerprint density at radius 2 is 1.91 bits per heavy atom. The lowest BCUT2D eigenvalue weighted by atomic mass is 9.96. The van der Waals surface area contributed by atoms with Crippen LogP contribution in [-0.2, 0) is 0 Å². The molecule has 168 valence electrons. The average molecular weight is 468 g/mol. The lowest BCUT2D eigenvalue weighted by Gasteiger charge is -2.29. The molecule has 3 aromatic rings. The average Bonchev–Trinajstić information content (AvgIpc) is 3.24. The first kappa shape index (κ1) is 22.8. The normalized spacial score (nSPS) is 18.5. The van der Waals surface area contributed by atoms with E-state index in [9.17, 15) is 0 Å². The number of nitrogens with one attached hydrogen (secondary N) is 1. The van der Waals surface area contributed by atoms with Crippen LogP contribution in [0.5, 0.6) is 0 Å². The van der Waals surface area contributed by atoms with Gasteiger partial charge in [0.25, 0.3) is 0 Å². The van der Waals surface area contributed by atoms with Gasteiger partial charge in [0.15, 0.2) is 5.11 Å². The fraction of sp³-hybridized carbons (Fsp3) is 0.360. The molecule has 1 aliphatic heterocycles. The molecule has 7 heteroatoms. The van der Waals surface area contributed by atoms with Crippen LogP contribution >= 0.6 is 23.8 Å². The van der Waals surface area contributed by atoms with Crippen molar-refractivity contribution < 1.29 is 0 Å². The van der Waals surface area contributed by atoms with Gasteiger partial charge in [0.1, 0.15) is 0 Å². The summed E-state index contributed by atoms with van der Waals surface area (Å²) in [6.45, 7) is 8.16. The molecule has 4 rings (SSSR count). The van der Waals surface area contributed by atoms with Crippen LogP contribution in [0.2, 0.25) is 5.02 Å². The highest BCUT2D eigenvalue weighted by Gasteiger charge is 2.41. The van der Waals surface area contributed by atoms with Crippen molar-refractivity contribution in [3.8, 4) is 5.69 Å². The third-order valence-electron chi connectivity index (χ3n) is 6.25. The van der Waals surface area contributed by atoms with Crippen molar-refractivity contribution in [3.63, 3.8) is 0 Å². The fourth-order valence-corrected chi connectivity index (χ4v) is 5.09. The maximum absolute atomic E-state index is 6.46. The summed E-state index contributed by atoms with van der Waals surface area (Å²) < 4.78 is 2.30. The molecule has 1 aliphatic rings. The number of hydrogen-bond donors (Lipinski definition) is 1. The Morgan fingerprint density at radius 3 is 2.59 bits per heavy atom. The summed E-state index contributed by atoms with van der Waals surface area (Å²) in [7, 11) is 4.18. The topological polar surface area (TPSA) is 36.3 Å². The van der Waals surface area contributed by atoms with E-state index in [-0.39, 0.29) is 12.1 Å². The maximum Gasteiger partial charge on any atom is 0.170 e. The van der Waals surface area contributed by atoms with Crippen molar-refractivity contribution in [2.45, 2.75) is 32.9 Å².